The second-order valence-electron chi connectivity index (χ2n) is 11.0. The Morgan fingerprint density at radius 3 is 1.40 bits per heavy atom. The van der Waals surface area contributed by atoms with Gasteiger partial charge in [-0.3, -0.25) is 10.6 Å². The van der Waals surface area contributed by atoms with Gasteiger partial charge in [0.25, 0.3) is 0 Å². The van der Waals surface area contributed by atoms with Gasteiger partial charge in [0.2, 0.25) is 0 Å². The van der Waals surface area contributed by atoms with Crippen LogP contribution in [0.2, 0.25) is 0 Å². The van der Waals surface area contributed by atoms with Crippen molar-refractivity contribution in [3.8, 4) is 0 Å². The number of carbonyl (C=O) groups excluding carboxylic acids is 2. The van der Waals surface area contributed by atoms with E-state index in [2.05, 4.69) is 48.4 Å². The zero-order valence-corrected chi connectivity index (χ0v) is 26.0. The Morgan fingerprint density at radius 1 is 0.600 bits per heavy atom. The normalized spacial score (nSPS) is 11.2. The van der Waals surface area contributed by atoms with Crippen molar-refractivity contribution >= 4 is 23.6 Å². The Hall–Kier alpha value is -2.32. The molecule has 0 aliphatic rings. The van der Waals surface area contributed by atoms with Crippen LogP contribution in [0.3, 0.4) is 0 Å². The maximum absolute atomic E-state index is 12.2. The number of amides is 2. The lowest BCUT2D eigenvalue weighted by Gasteiger charge is -2.16. The highest BCUT2D eigenvalue weighted by atomic mass is 16.6. The summed E-state index contributed by atoms with van der Waals surface area (Å²) in [7, 11) is 4.23. The molecule has 0 aromatic heterocycles. The molecule has 0 saturated carbocycles. The maximum Gasteiger partial charge on any atom is 0.411 e. The molecular formula is C32H58N4O4. The molecule has 0 bridgehead atoms. The molecule has 0 saturated heterocycles. The first kappa shape index (κ1) is 35.7. The number of ether oxygens (including phenoxy) is 2. The standard InChI is InChI=1S/C32H58N4O4/c1-5-7-9-11-13-15-22-35(3)24-18-26-39-31(37)33-29-20-17-21-30(28-29)34-32(38)40-27-19-25-36(4)23-16-14-12-10-8-6-2/h17,20-21,28H,5-16,18-19,22-27H2,1-4H3,(H,33,37)(H,34,38). The van der Waals surface area contributed by atoms with E-state index in [-0.39, 0.29) is 0 Å². The topological polar surface area (TPSA) is 83.1 Å². The van der Waals surface area contributed by atoms with E-state index in [9.17, 15) is 9.59 Å². The van der Waals surface area contributed by atoms with Crippen LogP contribution >= 0.6 is 0 Å². The Kier molecular flexibility index (Phi) is 21.8. The van der Waals surface area contributed by atoms with Crippen molar-refractivity contribution in [1.82, 2.24) is 9.80 Å². The van der Waals surface area contributed by atoms with Crippen LogP contribution in [0, 0.1) is 0 Å². The van der Waals surface area contributed by atoms with Crippen LogP contribution in [0.15, 0.2) is 24.3 Å². The van der Waals surface area contributed by atoms with Crippen molar-refractivity contribution in [2.75, 3.05) is 64.1 Å². The molecule has 0 aliphatic heterocycles. The molecule has 0 unspecified atom stereocenters. The summed E-state index contributed by atoms with van der Waals surface area (Å²) in [6, 6.07) is 6.96. The third kappa shape index (κ3) is 20.6. The molecule has 0 atom stereocenters. The molecule has 2 N–H and O–H groups in total. The summed E-state index contributed by atoms with van der Waals surface area (Å²) in [5.41, 5.74) is 1.11. The minimum atomic E-state index is -0.497. The number of rotatable bonds is 24. The molecule has 1 rings (SSSR count). The second-order valence-corrected chi connectivity index (χ2v) is 11.0. The Morgan fingerprint density at radius 2 is 0.975 bits per heavy atom. The SMILES string of the molecule is CCCCCCCCN(C)CCCOC(=O)Nc1cccc(NC(=O)OCCCN(C)CCCCCCCC)c1. The third-order valence-corrected chi connectivity index (χ3v) is 6.98. The summed E-state index contributed by atoms with van der Waals surface area (Å²) in [6.45, 7) is 9.17. The number of unbranched alkanes of at least 4 members (excludes halogenated alkanes) is 10. The van der Waals surface area contributed by atoms with Gasteiger partial charge in [0.15, 0.2) is 0 Å². The lowest BCUT2D eigenvalue weighted by molar-refractivity contribution is 0.154. The van der Waals surface area contributed by atoms with Crippen LogP contribution in [0.5, 0.6) is 0 Å². The fraction of sp³-hybridized carbons (Fsp3) is 0.750. The number of carbonyl (C=O) groups is 2. The Bertz CT molecular complexity index is 718. The average molecular weight is 563 g/mol. The van der Waals surface area contributed by atoms with Crippen molar-refractivity contribution in [2.24, 2.45) is 0 Å². The van der Waals surface area contributed by atoms with Crippen molar-refractivity contribution < 1.29 is 19.1 Å². The Balaban J connectivity index is 2.15. The third-order valence-electron chi connectivity index (χ3n) is 6.98. The highest BCUT2D eigenvalue weighted by Crippen LogP contribution is 2.16. The molecule has 8 nitrogen and oxygen atoms in total. The first-order valence-corrected chi connectivity index (χ1v) is 15.8. The zero-order valence-electron chi connectivity index (χ0n) is 26.0. The summed E-state index contributed by atoms with van der Waals surface area (Å²) in [5, 5.41) is 5.45. The van der Waals surface area contributed by atoms with Crippen LogP contribution in [0.4, 0.5) is 21.0 Å². The zero-order chi connectivity index (χ0) is 29.3. The first-order chi connectivity index (χ1) is 19.4. The number of hydrogen-bond acceptors (Lipinski definition) is 6. The van der Waals surface area contributed by atoms with Crippen LogP contribution in [-0.2, 0) is 9.47 Å². The average Bonchev–Trinajstić information content (AvgIpc) is 2.93. The van der Waals surface area contributed by atoms with Gasteiger partial charge in [0.05, 0.1) is 13.2 Å². The minimum Gasteiger partial charge on any atom is -0.449 e. The smallest absolute Gasteiger partial charge is 0.411 e. The summed E-state index contributed by atoms with van der Waals surface area (Å²) in [5.74, 6) is 0. The molecular weight excluding hydrogens is 504 g/mol. The fourth-order valence-electron chi connectivity index (χ4n) is 4.53. The molecule has 0 heterocycles. The molecule has 0 aliphatic carbocycles. The first-order valence-electron chi connectivity index (χ1n) is 15.8. The van der Waals surface area contributed by atoms with E-state index in [1.807, 2.05) is 0 Å². The summed E-state index contributed by atoms with van der Waals surface area (Å²) in [6.07, 6.45) is 16.1. The van der Waals surface area contributed by atoms with Gasteiger partial charge in [-0.25, -0.2) is 9.59 Å². The largest absolute Gasteiger partial charge is 0.449 e. The van der Waals surface area contributed by atoms with E-state index in [0.29, 0.717) is 24.6 Å². The van der Waals surface area contributed by atoms with Gasteiger partial charge in [-0.05, 0) is 71.1 Å². The van der Waals surface area contributed by atoms with Crippen LogP contribution in [-0.4, -0.2) is 75.5 Å². The number of hydrogen-bond donors (Lipinski definition) is 2. The molecule has 40 heavy (non-hydrogen) atoms. The van der Waals surface area contributed by atoms with E-state index in [0.717, 1.165) is 39.0 Å². The van der Waals surface area contributed by atoms with Crippen molar-refractivity contribution in [1.29, 1.82) is 0 Å². The highest BCUT2D eigenvalue weighted by molar-refractivity contribution is 5.88. The molecule has 0 spiro atoms. The molecule has 1 aromatic rings. The van der Waals surface area contributed by atoms with Crippen LogP contribution < -0.4 is 10.6 Å². The van der Waals surface area contributed by atoms with Crippen molar-refractivity contribution in [3.63, 3.8) is 0 Å². The second kappa shape index (κ2) is 24.5. The fourth-order valence-corrected chi connectivity index (χ4v) is 4.53. The molecule has 1 aromatic carbocycles. The van der Waals surface area contributed by atoms with E-state index in [1.54, 1.807) is 24.3 Å². The summed E-state index contributed by atoms with van der Waals surface area (Å²) < 4.78 is 10.7. The lowest BCUT2D eigenvalue weighted by atomic mass is 10.1. The predicted molar refractivity (Wildman–Crippen MR) is 167 cm³/mol. The minimum absolute atomic E-state index is 0.366. The van der Waals surface area contributed by atoms with Gasteiger partial charge >= 0.3 is 12.2 Å². The molecule has 230 valence electrons. The number of nitrogens with zero attached hydrogens (tertiary/aromatic N) is 2. The molecule has 8 heteroatoms. The van der Waals surface area contributed by atoms with Gasteiger partial charge in [-0.15, -0.1) is 0 Å². The lowest BCUT2D eigenvalue weighted by Crippen LogP contribution is -2.23. The van der Waals surface area contributed by atoms with Crippen molar-refractivity contribution in [2.45, 2.75) is 104 Å². The molecule has 0 radical (unpaired) electrons. The van der Waals surface area contributed by atoms with E-state index >= 15 is 0 Å². The highest BCUT2D eigenvalue weighted by Gasteiger charge is 2.08. The van der Waals surface area contributed by atoms with Gasteiger partial charge in [0, 0.05) is 24.5 Å². The van der Waals surface area contributed by atoms with E-state index in [1.165, 1.54) is 77.0 Å². The monoisotopic (exact) mass is 562 g/mol. The number of benzene rings is 1. The van der Waals surface area contributed by atoms with Gasteiger partial charge < -0.3 is 19.3 Å². The van der Waals surface area contributed by atoms with E-state index in [4.69, 9.17) is 9.47 Å². The van der Waals surface area contributed by atoms with Gasteiger partial charge in [-0.2, -0.15) is 0 Å². The quantitative estimate of drug-likeness (QED) is 0.124. The number of nitrogens with one attached hydrogen (secondary N) is 2. The molecule has 0 fully saturated rings. The summed E-state index contributed by atoms with van der Waals surface area (Å²) >= 11 is 0. The van der Waals surface area contributed by atoms with E-state index < -0.39 is 12.2 Å². The van der Waals surface area contributed by atoms with Crippen LogP contribution in [0.1, 0.15) is 104 Å². The number of anilines is 2. The Labute approximate surface area is 244 Å². The summed E-state index contributed by atoms with van der Waals surface area (Å²) in [4.78, 5) is 28.9. The van der Waals surface area contributed by atoms with Crippen molar-refractivity contribution in [3.05, 3.63) is 24.3 Å². The van der Waals surface area contributed by atoms with Gasteiger partial charge in [-0.1, -0.05) is 84.1 Å². The van der Waals surface area contributed by atoms with Gasteiger partial charge in [0.1, 0.15) is 0 Å². The maximum atomic E-state index is 12.2. The van der Waals surface area contributed by atoms with Crippen LogP contribution in [0.25, 0.3) is 0 Å². The molecule has 2 amide bonds. The predicted octanol–water partition coefficient (Wildman–Crippen LogP) is 8.15.